The van der Waals surface area contributed by atoms with E-state index < -0.39 is 0 Å². The fourth-order valence-corrected chi connectivity index (χ4v) is 2.19. The van der Waals surface area contributed by atoms with Crippen molar-refractivity contribution in [3.63, 3.8) is 0 Å². The van der Waals surface area contributed by atoms with E-state index in [4.69, 9.17) is 4.74 Å². The van der Waals surface area contributed by atoms with Crippen LogP contribution in [0.5, 0.6) is 11.6 Å². The molecule has 3 nitrogen and oxygen atoms in total. The fourth-order valence-electron chi connectivity index (χ4n) is 1.45. The summed E-state index contributed by atoms with van der Waals surface area (Å²) in [7, 11) is 0. The SMILES string of the molecule is CCc1nc(Br)cc(Oc2cc(Br)ccc2C)n1. The average molecular weight is 372 g/mol. The van der Waals surface area contributed by atoms with Gasteiger partial charge in [-0.25, -0.2) is 4.98 Å². The van der Waals surface area contributed by atoms with Crippen LogP contribution in [0.3, 0.4) is 0 Å². The van der Waals surface area contributed by atoms with E-state index in [1.807, 2.05) is 32.0 Å². The van der Waals surface area contributed by atoms with Crippen LogP contribution in [0.2, 0.25) is 0 Å². The number of aromatic nitrogens is 2. The van der Waals surface area contributed by atoms with Gasteiger partial charge in [0.2, 0.25) is 5.88 Å². The Hall–Kier alpha value is -0.940. The topological polar surface area (TPSA) is 35.0 Å². The van der Waals surface area contributed by atoms with Crippen LogP contribution in [-0.4, -0.2) is 9.97 Å². The average Bonchev–Trinajstić information content (AvgIpc) is 2.33. The smallest absolute Gasteiger partial charge is 0.223 e. The van der Waals surface area contributed by atoms with Gasteiger partial charge < -0.3 is 4.74 Å². The molecule has 0 fully saturated rings. The zero-order valence-corrected chi connectivity index (χ0v) is 13.2. The van der Waals surface area contributed by atoms with Crippen molar-refractivity contribution in [3.05, 3.63) is 44.7 Å². The second-order valence-corrected chi connectivity index (χ2v) is 5.54. The highest BCUT2D eigenvalue weighted by Crippen LogP contribution is 2.28. The Morgan fingerprint density at radius 1 is 1.17 bits per heavy atom. The zero-order chi connectivity index (χ0) is 13.1. The molecule has 0 aliphatic heterocycles. The maximum absolute atomic E-state index is 5.80. The Morgan fingerprint density at radius 3 is 2.67 bits per heavy atom. The summed E-state index contributed by atoms with van der Waals surface area (Å²) in [5.74, 6) is 2.10. The summed E-state index contributed by atoms with van der Waals surface area (Å²) >= 11 is 6.79. The monoisotopic (exact) mass is 370 g/mol. The first-order valence-corrected chi connectivity index (χ1v) is 7.14. The molecule has 0 bridgehead atoms. The number of rotatable bonds is 3. The molecule has 0 atom stereocenters. The van der Waals surface area contributed by atoms with Crippen molar-refractivity contribution in [2.45, 2.75) is 20.3 Å². The first-order chi connectivity index (χ1) is 8.58. The van der Waals surface area contributed by atoms with Crippen LogP contribution in [-0.2, 0) is 6.42 Å². The van der Waals surface area contributed by atoms with Crippen molar-refractivity contribution >= 4 is 31.9 Å². The van der Waals surface area contributed by atoms with Gasteiger partial charge in [0.15, 0.2) is 0 Å². The normalized spacial score (nSPS) is 10.4. The standard InChI is InChI=1S/C13H12Br2N2O/c1-3-12-16-11(15)7-13(17-12)18-10-6-9(14)5-4-8(10)2/h4-7H,3H2,1-2H3. The molecular weight excluding hydrogens is 360 g/mol. The van der Waals surface area contributed by atoms with E-state index >= 15 is 0 Å². The van der Waals surface area contributed by atoms with E-state index in [0.29, 0.717) is 5.88 Å². The quantitative estimate of drug-likeness (QED) is 0.735. The first-order valence-electron chi connectivity index (χ1n) is 5.56. The van der Waals surface area contributed by atoms with Gasteiger partial charge in [0.1, 0.15) is 16.2 Å². The van der Waals surface area contributed by atoms with Crippen LogP contribution in [0.4, 0.5) is 0 Å². The van der Waals surface area contributed by atoms with E-state index in [9.17, 15) is 0 Å². The minimum atomic E-state index is 0.551. The molecule has 0 radical (unpaired) electrons. The molecule has 1 aromatic carbocycles. The van der Waals surface area contributed by atoms with Gasteiger partial charge >= 0.3 is 0 Å². The summed E-state index contributed by atoms with van der Waals surface area (Å²) in [5.41, 5.74) is 1.06. The van der Waals surface area contributed by atoms with Crippen molar-refractivity contribution in [2.75, 3.05) is 0 Å². The van der Waals surface area contributed by atoms with E-state index in [0.717, 1.165) is 32.6 Å². The Morgan fingerprint density at radius 2 is 1.94 bits per heavy atom. The predicted octanol–water partition coefficient (Wildman–Crippen LogP) is 4.66. The highest BCUT2D eigenvalue weighted by atomic mass is 79.9. The lowest BCUT2D eigenvalue weighted by Crippen LogP contribution is -1.97. The Labute approximate surface area is 123 Å². The maximum atomic E-state index is 5.80. The van der Waals surface area contributed by atoms with E-state index in [-0.39, 0.29) is 0 Å². The van der Waals surface area contributed by atoms with Crippen molar-refractivity contribution in [2.24, 2.45) is 0 Å². The highest BCUT2D eigenvalue weighted by Gasteiger charge is 2.06. The van der Waals surface area contributed by atoms with E-state index in [1.54, 1.807) is 6.07 Å². The van der Waals surface area contributed by atoms with Gasteiger partial charge in [0.05, 0.1) is 0 Å². The van der Waals surface area contributed by atoms with Crippen LogP contribution in [0.15, 0.2) is 33.3 Å². The molecule has 0 aliphatic carbocycles. The molecule has 1 heterocycles. The Balaban J connectivity index is 2.33. The lowest BCUT2D eigenvalue weighted by atomic mass is 10.2. The molecule has 0 amide bonds. The minimum Gasteiger partial charge on any atom is -0.439 e. The minimum absolute atomic E-state index is 0.551. The highest BCUT2D eigenvalue weighted by molar-refractivity contribution is 9.10. The number of ether oxygens (including phenoxy) is 1. The number of hydrogen-bond acceptors (Lipinski definition) is 3. The zero-order valence-electron chi connectivity index (χ0n) is 10.1. The molecule has 0 saturated heterocycles. The number of nitrogens with zero attached hydrogens (tertiary/aromatic N) is 2. The second kappa shape index (κ2) is 5.80. The van der Waals surface area contributed by atoms with E-state index in [2.05, 4.69) is 41.8 Å². The summed E-state index contributed by atoms with van der Waals surface area (Å²) in [5, 5.41) is 0. The van der Waals surface area contributed by atoms with Gasteiger partial charge in [0.25, 0.3) is 0 Å². The van der Waals surface area contributed by atoms with Gasteiger partial charge in [0, 0.05) is 17.0 Å². The molecule has 94 valence electrons. The predicted molar refractivity (Wildman–Crippen MR) is 78.1 cm³/mol. The number of benzene rings is 1. The second-order valence-electron chi connectivity index (χ2n) is 3.81. The van der Waals surface area contributed by atoms with Crippen LogP contribution in [0.1, 0.15) is 18.3 Å². The molecule has 18 heavy (non-hydrogen) atoms. The Bertz CT molecular complexity index is 573. The first kappa shape index (κ1) is 13.5. The van der Waals surface area contributed by atoms with Crippen LogP contribution in [0, 0.1) is 6.92 Å². The largest absolute Gasteiger partial charge is 0.439 e. The van der Waals surface area contributed by atoms with Gasteiger partial charge in [-0.1, -0.05) is 28.9 Å². The molecule has 1 aromatic heterocycles. The summed E-state index contributed by atoms with van der Waals surface area (Å²) in [4.78, 5) is 8.59. The summed E-state index contributed by atoms with van der Waals surface area (Å²) in [6, 6.07) is 7.67. The molecular formula is C13H12Br2N2O. The van der Waals surface area contributed by atoms with Crippen molar-refractivity contribution in [3.8, 4) is 11.6 Å². The molecule has 2 rings (SSSR count). The van der Waals surface area contributed by atoms with Gasteiger partial charge in [-0.3, -0.25) is 0 Å². The molecule has 0 N–H and O–H groups in total. The number of hydrogen-bond donors (Lipinski definition) is 0. The third-order valence-corrected chi connectivity index (χ3v) is 3.30. The third kappa shape index (κ3) is 3.29. The van der Waals surface area contributed by atoms with Crippen LogP contribution < -0.4 is 4.74 Å². The molecule has 0 spiro atoms. The lowest BCUT2D eigenvalue weighted by molar-refractivity contribution is 0.454. The molecule has 0 unspecified atom stereocenters. The van der Waals surface area contributed by atoms with Gasteiger partial charge in [-0.15, -0.1) is 0 Å². The molecule has 2 aromatic rings. The number of aryl methyl sites for hydroxylation is 2. The summed E-state index contributed by atoms with van der Waals surface area (Å²) < 4.78 is 7.51. The van der Waals surface area contributed by atoms with Crippen molar-refractivity contribution < 1.29 is 4.74 Å². The van der Waals surface area contributed by atoms with Crippen molar-refractivity contribution in [1.29, 1.82) is 0 Å². The van der Waals surface area contributed by atoms with Crippen molar-refractivity contribution in [1.82, 2.24) is 9.97 Å². The van der Waals surface area contributed by atoms with E-state index in [1.165, 1.54) is 0 Å². The fraction of sp³-hybridized carbons (Fsp3) is 0.231. The van der Waals surface area contributed by atoms with Crippen LogP contribution >= 0.6 is 31.9 Å². The lowest BCUT2D eigenvalue weighted by Gasteiger charge is -2.09. The van der Waals surface area contributed by atoms with Gasteiger partial charge in [-0.05, 0) is 40.5 Å². The molecule has 0 saturated carbocycles. The number of halogens is 2. The molecule has 5 heteroatoms. The Kier molecular flexibility index (Phi) is 4.35. The molecule has 0 aliphatic rings. The summed E-state index contributed by atoms with van der Waals surface area (Å²) in [6.07, 6.45) is 0.771. The van der Waals surface area contributed by atoms with Crippen LogP contribution in [0.25, 0.3) is 0 Å². The summed E-state index contributed by atoms with van der Waals surface area (Å²) in [6.45, 7) is 4.01. The maximum Gasteiger partial charge on any atom is 0.223 e. The van der Waals surface area contributed by atoms with Gasteiger partial charge in [-0.2, -0.15) is 4.98 Å². The third-order valence-electron chi connectivity index (χ3n) is 2.40.